The van der Waals surface area contributed by atoms with Crippen molar-refractivity contribution in [3.8, 4) is 0 Å². The van der Waals surface area contributed by atoms with E-state index in [0.717, 1.165) is 11.1 Å². The monoisotopic (exact) mass is 327 g/mol. The predicted octanol–water partition coefficient (Wildman–Crippen LogP) is 2.43. The number of halogens is 1. The molecule has 0 radical (unpaired) electrons. The van der Waals surface area contributed by atoms with E-state index >= 15 is 0 Å². The van der Waals surface area contributed by atoms with Crippen molar-refractivity contribution in [3.05, 3.63) is 47.4 Å². The third kappa shape index (κ3) is 3.84. The summed E-state index contributed by atoms with van der Waals surface area (Å²) in [5.74, 6) is 1.13. The van der Waals surface area contributed by atoms with Crippen molar-refractivity contribution < 1.29 is 8.42 Å². The van der Waals surface area contributed by atoms with Crippen LogP contribution >= 0.6 is 11.6 Å². The Morgan fingerprint density at radius 1 is 1.24 bits per heavy atom. The van der Waals surface area contributed by atoms with E-state index in [1.807, 2.05) is 31.2 Å². The molecule has 0 atom stereocenters. The number of imidazole rings is 1. The summed E-state index contributed by atoms with van der Waals surface area (Å²) in [6.45, 7) is 4.64. The van der Waals surface area contributed by atoms with Gasteiger partial charge in [-0.3, -0.25) is 0 Å². The first-order chi connectivity index (χ1) is 9.96. The number of nitrogens with one attached hydrogen (secondary N) is 1. The predicted molar refractivity (Wildman–Crippen MR) is 82.7 cm³/mol. The van der Waals surface area contributed by atoms with Crippen molar-refractivity contribution in [2.45, 2.75) is 37.8 Å². The highest BCUT2D eigenvalue weighted by molar-refractivity contribution is 7.89. The first-order valence-electron chi connectivity index (χ1n) is 6.63. The summed E-state index contributed by atoms with van der Waals surface area (Å²) in [5, 5.41) is 0.0548. The molecule has 2 rings (SSSR count). The molecule has 0 spiro atoms. The van der Waals surface area contributed by atoms with Crippen molar-refractivity contribution >= 4 is 21.6 Å². The Bertz CT molecular complexity index is 708. The van der Waals surface area contributed by atoms with E-state index in [1.165, 1.54) is 0 Å². The third-order valence-corrected chi connectivity index (χ3v) is 4.79. The first-order valence-corrected chi connectivity index (χ1v) is 8.65. The molecule has 0 aliphatic heterocycles. The van der Waals surface area contributed by atoms with Crippen LogP contribution in [0.4, 0.5) is 0 Å². The highest BCUT2D eigenvalue weighted by Crippen LogP contribution is 2.11. The second-order valence-electron chi connectivity index (χ2n) is 4.69. The lowest BCUT2D eigenvalue weighted by molar-refractivity contribution is 0.577. The minimum Gasteiger partial charge on any atom is -0.334 e. The van der Waals surface area contributed by atoms with Crippen molar-refractivity contribution in [3.63, 3.8) is 0 Å². The second-order valence-corrected chi connectivity index (χ2v) is 6.67. The zero-order chi connectivity index (χ0) is 15.5. The van der Waals surface area contributed by atoms with Crippen molar-refractivity contribution in [1.82, 2.24) is 14.3 Å². The summed E-state index contributed by atoms with van der Waals surface area (Å²) < 4.78 is 28.8. The van der Waals surface area contributed by atoms with Gasteiger partial charge in [0.1, 0.15) is 5.82 Å². The van der Waals surface area contributed by atoms with Crippen LogP contribution in [-0.2, 0) is 29.0 Å². The Balaban J connectivity index is 2.09. The van der Waals surface area contributed by atoms with Crippen LogP contribution in [0.25, 0.3) is 0 Å². The molecule has 1 heterocycles. The average molecular weight is 328 g/mol. The van der Waals surface area contributed by atoms with Gasteiger partial charge in [-0.1, -0.05) is 24.3 Å². The Morgan fingerprint density at radius 2 is 1.86 bits per heavy atom. The minimum absolute atomic E-state index is 0.0548. The second kappa shape index (κ2) is 6.60. The molecule has 0 fully saturated rings. The SMILES string of the molecule is CCn1cc(S(=O)(=O)NCc2ccc(CCl)cc2)nc1C. The van der Waals surface area contributed by atoms with Gasteiger partial charge >= 0.3 is 0 Å². The van der Waals surface area contributed by atoms with Gasteiger partial charge in [0.05, 0.1) is 0 Å². The van der Waals surface area contributed by atoms with Crippen LogP contribution in [0.2, 0.25) is 0 Å². The number of aryl methyl sites for hydroxylation is 2. The maximum absolute atomic E-state index is 12.2. The van der Waals surface area contributed by atoms with Gasteiger partial charge in [-0.25, -0.2) is 18.1 Å². The average Bonchev–Trinajstić information content (AvgIpc) is 2.88. The van der Waals surface area contributed by atoms with Gasteiger partial charge in [0.2, 0.25) is 0 Å². The highest BCUT2D eigenvalue weighted by Gasteiger charge is 2.18. The van der Waals surface area contributed by atoms with Crippen LogP contribution in [0, 0.1) is 6.92 Å². The fraction of sp³-hybridized carbons (Fsp3) is 0.357. The molecule has 21 heavy (non-hydrogen) atoms. The van der Waals surface area contributed by atoms with Gasteiger partial charge in [-0.15, -0.1) is 11.6 Å². The minimum atomic E-state index is -3.59. The third-order valence-electron chi connectivity index (χ3n) is 3.21. The summed E-state index contributed by atoms with van der Waals surface area (Å²) in [4.78, 5) is 4.09. The molecule has 0 saturated heterocycles. The molecule has 7 heteroatoms. The van der Waals surface area contributed by atoms with Crippen LogP contribution in [0.5, 0.6) is 0 Å². The zero-order valence-electron chi connectivity index (χ0n) is 12.0. The Kier molecular flexibility index (Phi) is 5.03. The van der Waals surface area contributed by atoms with Crippen molar-refractivity contribution in [2.24, 2.45) is 0 Å². The van der Waals surface area contributed by atoms with E-state index in [0.29, 0.717) is 18.2 Å². The maximum Gasteiger partial charge on any atom is 0.259 e. The topological polar surface area (TPSA) is 64.0 Å². The van der Waals surface area contributed by atoms with E-state index in [4.69, 9.17) is 11.6 Å². The van der Waals surface area contributed by atoms with Crippen molar-refractivity contribution in [2.75, 3.05) is 0 Å². The quantitative estimate of drug-likeness (QED) is 0.829. The fourth-order valence-electron chi connectivity index (χ4n) is 1.93. The summed E-state index contributed by atoms with van der Waals surface area (Å²) in [5.41, 5.74) is 1.87. The van der Waals surface area contributed by atoms with E-state index in [9.17, 15) is 8.42 Å². The van der Waals surface area contributed by atoms with E-state index in [1.54, 1.807) is 17.7 Å². The number of hydrogen-bond donors (Lipinski definition) is 1. The normalized spacial score (nSPS) is 11.8. The number of rotatable bonds is 6. The first kappa shape index (κ1) is 16.0. The summed E-state index contributed by atoms with van der Waals surface area (Å²) in [6, 6.07) is 7.48. The van der Waals surface area contributed by atoms with Gasteiger partial charge in [-0.05, 0) is 25.0 Å². The van der Waals surface area contributed by atoms with E-state index in [-0.39, 0.29) is 11.6 Å². The number of sulfonamides is 1. The molecule has 0 amide bonds. The molecule has 1 aromatic carbocycles. The zero-order valence-corrected chi connectivity index (χ0v) is 13.6. The molecule has 0 aliphatic rings. The molecule has 114 valence electrons. The summed E-state index contributed by atoms with van der Waals surface area (Å²) in [6.07, 6.45) is 1.55. The van der Waals surface area contributed by atoms with E-state index < -0.39 is 10.0 Å². The van der Waals surface area contributed by atoms with Crippen LogP contribution < -0.4 is 4.72 Å². The van der Waals surface area contributed by atoms with Crippen LogP contribution in [-0.4, -0.2) is 18.0 Å². The highest BCUT2D eigenvalue weighted by atomic mass is 35.5. The molecule has 0 unspecified atom stereocenters. The Hall–Kier alpha value is -1.37. The van der Waals surface area contributed by atoms with E-state index in [2.05, 4.69) is 9.71 Å². The number of hydrogen-bond acceptors (Lipinski definition) is 3. The summed E-state index contributed by atoms with van der Waals surface area (Å²) >= 11 is 5.72. The lowest BCUT2D eigenvalue weighted by Crippen LogP contribution is -2.23. The number of alkyl halides is 1. The number of aromatic nitrogens is 2. The molecular weight excluding hydrogens is 310 g/mol. The standard InChI is InChI=1S/C14H18ClN3O2S/c1-3-18-10-14(17-11(18)2)21(19,20)16-9-13-6-4-12(8-15)5-7-13/h4-7,10,16H,3,8-9H2,1-2H3. The molecule has 1 N–H and O–H groups in total. The van der Waals surface area contributed by atoms with Gasteiger partial charge in [0.25, 0.3) is 10.0 Å². The molecule has 0 saturated carbocycles. The number of nitrogens with zero attached hydrogens (tertiary/aromatic N) is 2. The maximum atomic E-state index is 12.2. The smallest absolute Gasteiger partial charge is 0.259 e. The molecule has 0 bridgehead atoms. The molecule has 5 nitrogen and oxygen atoms in total. The molecular formula is C14H18ClN3O2S. The van der Waals surface area contributed by atoms with Crippen LogP contribution in [0.3, 0.4) is 0 Å². The lowest BCUT2D eigenvalue weighted by atomic mass is 10.1. The Morgan fingerprint density at radius 3 is 2.38 bits per heavy atom. The van der Waals surface area contributed by atoms with Gasteiger partial charge in [0, 0.05) is 25.2 Å². The number of benzene rings is 1. The lowest BCUT2D eigenvalue weighted by Gasteiger charge is -2.05. The molecule has 1 aromatic heterocycles. The van der Waals surface area contributed by atoms with Gasteiger partial charge in [-0.2, -0.15) is 0 Å². The summed E-state index contributed by atoms with van der Waals surface area (Å²) in [7, 11) is -3.59. The van der Waals surface area contributed by atoms with Gasteiger partial charge in [0.15, 0.2) is 5.03 Å². The van der Waals surface area contributed by atoms with Gasteiger partial charge < -0.3 is 4.57 Å². The molecule has 0 aliphatic carbocycles. The van der Waals surface area contributed by atoms with Crippen LogP contribution in [0.15, 0.2) is 35.5 Å². The van der Waals surface area contributed by atoms with Crippen LogP contribution in [0.1, 0.15) is 23.9 Å². The largest absolute Gasteiger partial charge is 0.334 e. The fourth-order valence-corrected chi connectivity index (χ4v) is 3.13. The van der Waals surface area contributed by atoms with Crippen molar-refractivity contribution in [1.29, 1.82) is 0 Å². The molecule has 2 aromatic rings. The Labute approximate surface area is 130 Å².